The molecule has 1 spiro atoms. The summed E-state index contributed by atoms with van der Waals surface area (Å²) in [5.74, 6) is 1.44. The van der Waals surface area contributed by atoms with Crippen molar-refractivity contribution in [3.63, 3.8) is 0 Å². The van der Waals surface area contributed by atoms with E-state index in [1.54, 1.807) is 0 Å². The zero-order chi connectivity index (χ0) is 12.8. The van der Waals surface area contributed by atoms with Crippen LogP contribution in [0.3, 0.4) is 0 Å². The number of fused-ring (bicyclic) bond motifs is 2. The molecule has 0 saturated carbocycles. The van der Waals surface area contributed by atoms with Crippen LogP contribution in [0.5, 0.6) is 11.5 Å². The lowest BCUT2D eigenvalue weighted by atomic mass is 9.71. The average Bonchev–Trinajstić information content (AvgIpc) is 2.35. The van der Waals surface area contributed by atoms with E-state index in [4.69, 9.17) is 9.47 Å². The highest BCUT2D eigenvalue weighted by molar-refractivity contribution is 5.57. The number of benzene rings is 1. The Morgan fingerprint density at radius 3 is 2.61 bits per heavy atom. The van der Waals surface area contributed by atoms with Crippen LogP contribution < -0.4 is 4.74 Å². The minimum Gasteiger partial charge on any atom is -0.507 e. The Labute approximate surface area is 108 Å². The van der Waals surface area contributed by atoms with Crippen LogP contribution >= 0.6 is 0 Å². The second-order valence-corrected chi connectivity index (χ2v) is 5.31. The molecule has 2 aliphatic rings. The molecular formula is C15H20O3. The highest BCUT2D eigenvalue weighted by Gasteiger charge is 2.46. The van der Waals surface area contributed by atoms with Crippen LogP contribution in [0.15, 0.2) is 6.07 Å². The Bertz CT molecular complexity index is 475. The summed E-state index contributed by atoms with van der Waals surface area (Å²) in [4.78, 5) is 0. The molecular weight excluding hydrogens is 228 g/mol. The summed E-state index contributed by atoms with van der Waals surface area (Å²) in [6.45, 7) is 6.44. The number of hydrogen-bond acceptors (Lipinski definition) is 3. The van der Waals surface area contributed by atoms with Gasteiger partial charge in [-0.2, -0.15) is 0 Å². The van der Waals surface area contributed by atoms with Crippen molar-refractivity contribution in [2.75, 3.05) is 19.8 Å². The first-order chi connectivity index (χ1) is 8.72. The van der Waals surface area contributed by atoms with Gasteiger partial charge in [-0.25, -0.2) is 0 Å². The van der Waals surface area contributed by atoms with Crippen molar-refractivity contribution in [3.8, 4) is 11.5 Å². The SMILES string of the molecule is CCc1cc2c(c(CC)c1O)C1(CCO2)COC1. The topological polar surface area (TPSA) is 38.7 Å². The summed E-state index contributed by atoms with van der Waals surface area (Å²) >= 11 is 0. The summed E-state index contributed by atoms with van der Waals surface area (Å²) in [6, 6.07) is 2.02. The minimum atomic E-state index is 0.0999. The maximum atomic E-state index is 10.4. The monoisotopic (exact) mass is 248 g/mol. The van der Waals surface area contributed by atoms with Gasteiger partial charge in [0.15, 0.2) is 0 Å². The second kappa shape index (κ2) is 4.16. The Morgan fingerprint density at radius 2 is 2.06 bits per heavy atom. The lowest BCUT2D eigenvalue weighted by Crippen LogP contribution is -2.50. The molecule has 18 heavy (non-hydrogen) atoms. The summed E-state index contributed by atoms with van der Waals surface area (Å²) in [5, 5.41) is 10.4. The van der Waals surface area contributed by atoms with Crippen molar-refractivity contribution in [2.45, 2.75) is 38.5 Å². The maximum absolute atomic E-state index is 10.4. The highest BCUT2D eigenvalue weighted by Crippen LogP contribution is 2.49. The van der Waals surface area contributed by atoms with E-state index in [0.717, 1.165) is 56.0 Å². The summed E-state index contributed by atoms with van der Waals surface area (Å²) in [5.41, 5.74) is 3.36. The van der Waals surface area contributed by atoms with Crippen LogP contribution in [0.1, 0.15) is 37.0 Å². The average molecular weight is 248 g/mol. The van der Waals surface area contributed by atoms with Crippen LogP contribution in [-0.4, -0.2) is 24.9 Å². The Hall–Kier alpha value is -1.22. The molecule has 0 aromatic heterocycles. The third kappa shape index (κ3) is 1.46. The van der Waals surface area contributed by atoms with Crippen LogP contribution in [0, 0.1) is 0 Å². The normalized spacial score (nSPS) is 20.1. The van der Waals surface area contributed by atoms with Gasteiger partial charge in [0.05, 0.1) is 19.8 Å². The summed E-state index contributed by atoms with van der Waals surface area (Å²) < 4.78 is 11.3. The zero-order valence-electron chi connectivity index (χ0n) is 11.1. The van der Waals surface area contributed by atoms with Crippen LogP contribution in [-0.2, 0) is 23.0 Å². The Kier molecular flexibility index (Phi) is 2.74. The van der Waals surface area contributed by atoms with Crippen LogP contribution in [0.4, 0.5) is 0 Å². The number of hydrogen-bond donors (Lipinski definition) is 1. The largest absolute Gasteiger partial charge is 0.507 e. The molecule has 1 aromatic rings. The van der Waals surface area contributed by atoms with E-state index in [1.807, 2.05) is 6.07 Å². The molecule has 3 rings (SSSR count). The molecule has 3 heteroatoms. The van der Waals surface area contributed by atoms with Gasteiger partial charge in [0, 0.05) is 16.5 Å². The molecule has 1 aromatic carbocycles. The first-order valence-corrected chi connectivity index (χ1v) is 6.80. The van der Waals surface area contributed by atoms with Crippen molar-refractivity contribution < 1.29 is 14.6 Å². The van der Waals surface area contributed by atoms with E-state index >= 15 is 0 Å². The number of aryl methyl sites for hydroxylation is 1. The van der Waals surface area contributed by atoms with Crippen molar-refractivity contribution in [3.05, 3.63) is 22.8 Å². The molecule has 0 amide bonds. The van der Waals surface area contributed by atoms with Crippen molar-refractivity contribution >= 4 is 0 Å². The lowest BCUT2D eigenvalue weighted by Gasteiger charge is -2.46. The van der Waals surface area contributed by atoms with Crippen molar-refractivity contribution in [1.82, 2.24) is 0 Å². The first kappa shape index (κ1) is 11.8. The number of ether oxygens (including phenoxy) is 2. The molecule has 1 saturated heterocycles. The molecule has 1 fully saturated rings. The Morgan fingerprint density at radius 1 is 1.28 bits per heavy atom. The number of phenolic OH excluding ortho intramolecular Hbond substituents is 1. The fourth-order valence-corrected chi connectivity index (χ4v) is 3.19. The standard InChI is InChI=1S/C15H20O3/c1-3-10-7-12-13(11(4-2)14(10)16)15(5-6-18-12)8-17-9-15/h7,16H,3-6,8-9H2,1-2H3. The van der Waals surface area contributed by atoms with Gasteiger partial charge in [-0.1, -0.05) is 13.8 Å². The van der Waals surface area contributed by atoms with Gasteiger partial charge >= 0.3 is 0 Å². The number of aromatic hydroxyl groups is 1. The number of rotatable bonds is 2. The molecule has 2 heterocycles. The van der Waals surface area contributed by atoms with Crippen LogP contribution in [0.2, 0.25) is 0 Å². The van der Waals surface area contributed by atoms with E-state index in [9.17, 15) is 5.11 Å². The quantitative estimate of drug-likeness (QED) is 0.874. The van der Waals surface area contributed by atoms with Gasteiger partial charge in [-0.15, -0.1) is 0 Å². The van der Waals surface area contributed by atoms with E-state index in [2.05, 4.69) is 13.8 Å². The smallest absolute Gasteiger partial charge is 0.124 e. The predicted octanol–water partition coefficient (Wildman–Crippen LogP) is 2.57. The molecule has 2 aliphatic heterocycles. The molecule has 0 radical (unpaired) electrons. The lowest BCUT2D eigenvalue weighted by molar-refractivity contribution is -0.0772. The Balaban J connectivity index is 2.22. The second-order valence-electron chi connectivity index (χ2n) is 5.31. The predicted molar refractivity (Wildman–Crippen MR) is 69.5 cm³/mol. The molecule has 0 aliphatic carbocycles. The van der Waals surface area contributed by atoms with Gasteiger partial charge in [0.25, 0.3) is 0 Å². The molecule has 0 bridgehead atoms. The summed E-state index contributed by atoms with van der Waals surface area (Å²) in [7, 11) is 0. The van der Waals surface area contributed by atoms with Crippen molar-refractivity contribution in [2.24, 2.45) is 0 Å². The molecule has 0 unspecified atom stereocenters. The van der Waals surface area contributed by atoms with Gasteiger partial charge in [-0.3, -0.25) is 0 Å². The van der Waals surface area contributed by atoms with Crippen LogP contribution in [0.25, 0.3) is 0 Å². The van der Waals surface area contributed by atoms with Gasteiger partial charge in [0.1, 0.15) is 11.5 Å². The van der Waals surface area contributed by atoms with Gasteiger partial charge in [-0.05, 0) is 30.9 Å². The van der Waals surface area contributed by atoms with E-state index in [0.29, 0.717) is 5.75 Å². The van der Waals surface area contributed by atoms with Crippen molar-refractivity contribution in [1.29, 1.82) is 0 Å². The third-order valence-electron chi connectivity index (χ3n) is 4.30. The first-order valence-electron chi connectivity index (χ1n) is 6.80. The van der Waals surface area contributed by atoms with E-state index in [-0.39, 0.29) is 5.41 Å². The molecule has 3 nitrogen and oxygen atoms in total. The third-order valence-corrected chi connectivity index (χ3v) is 4.30. The maximum Gasteiger partial charge on any atom is 0.124 e. The number of phenols is 1. The van der Waals surface area contributed by atoms with E-state index in [1.165, 1.54) is 5.56 Å². The van der Waals surface area contributed by atoms with Gasteiger partial charge in [0.2, 0.25) is 0 Å². The highest BCUT2D eigenvalue weighted by atomic mass is 16.5. The summed E-state index contributed by atoms with van der Waals surface area (Å²) in [6.07, 6.45) is 2.67. The fourth-order valence-electron chi connectivity index (χ4n) is 3.19. The fraction of sp³-hybridized carbons (Fsp3) is 0.600. The van der Waals surface area contributed by atoms with Gasteiger partial charge < -0.3 is 14.6 Å². The zero-order valence-corrected chi connectivity index (χ0v) is 11.1. The molecule has 1 N–H and O–H groups in total. The minimum absolute atomic E-state index is 0.0999. The molecule has 98 valence electrons. The van der Waals surface area contributed by atoms with E-state index < -0.39 is 0 Å². The molecule has 0 atom stereocenters.